The molecule has 0 unspecified atom stereocenters. The Labute approximate surface area is 151 Å². The van der Waals surface area contributed by atoms with E-state index in [2.05, 4.69) is 9.71 Å². The van der Waals surface area contributed by atoms with Gasteiger partial charge in [0.25, 0.3) is 15.9 Å². The van der Waals surface area contributed by atoms with Crippen LogP contribution in [0.1, 0.15) is 23.2 Å². The zero-order valence-electron chi connectivity index (χ0n) is 13.8. The zero-order valence-corrected chi connectivity index (χ0v) is 15.4. The molecule has 8 heteroatoms. The van der Waals surface area contributed by atoms with E-state index in [9.17, 15) is 13.2 Å². The summed E-state index contributed by atoms with van der Waals surface area (Å²) in [5.41, 5.74) is 0.812. The predicted molar refractivity (Wildman–Crippen MR) is 98.4 cm³/mol. The van der Waals surface area contributed by atoms with Crippen LogP contribution in [0.4, 0.5) is 5.69 Å². The number of sulfonamides is 1. The van der Waals surface area contributed by atoms with Crippen LogP contribution >= 0.6 is 11.8 Å². The minimum absolute atomic E-state index is 0.0664. The lowest BCUT2D eigenvalue weighted by Crippen LogP contribution is -2.28. The number of likely N-dealkylation sites (tertiary alicyclic amines) is 1. The van der Waals surface area contributed by atoms with Gasteiger partial charge in [0.05, 0.1) is 22.3 Å². The average molecular weight is 377 g/mol. The lowest BCUT2D eigenvalue weighted by molar-refractivity contribution is 0.0789. The Morgan fingerprint density at radius 1 is 1.24 bits per heavy atom. The number of hydrogen-bond acceptors (Lipinski definition) is 5. The van der Waals surface area contributed by atoms with Gasteiger partial charge in [0.1, 0.15) is 0 Å². The van der Waals surface area contributed by atoms with Crippen LogP contribution in [0.2, 0.25) is 0 Å². The molecule has 6 nitrogen and oxygen atoms in total. The Kier molecular flexibility index (Phi) is 5.29. The summed E-state index contributed by atoms with van der Waals surface area (Å²) in [6.07, 6.45) is 6.85. The number of anilines is 1. The molecule has 0 bridgehead atoms. The summed E-state index contributed by atoms with van der Waals surface area (Å²) in [6.45, 7) is 1.44. The molecule has 0 aliphatic carbocycles. The highest BCUT2D eigenvalue weighted by Gasteiger charge is 2.24. The van der Waals surface area contributed by atoms with Crippen molar-refractivity contribution >= 4 is 33.4 Å². The lowest BCUT2D eigenvalue weighted by Gasteiger charge is -2.18. The smallest absolute Gasteiger partial charge is 0.261 e. The Morgan fingerprint density at radius 3 is 2.64 bits per heavy atom. The number of aromatic nitrogens is 1. The highest BCUT2D eigenvalue weighted by atomic mass is 32.2. The van der Waals surface area contributed by atoms with Crippen molar-refractivity contribution in [3.05, 3.63) is 48.3 Å². The molecule has 3 rings (SSSR count). The number of nitrogens with one attached hydrogen (secondary N) is 1. The van der Waals surface area contributed by atoms with Crippen LogP contribution in [0, 0.1) is 0 Å². The summed E-state index contributed by atoms with van der Waals surface area (Å²) < 4.78 is 27.7. The first-order valence-electron chi connectivity index (χ1n) is 7.91. The van der Waals surface area contributed by atoms with Crippen LogP contribution in [0.5, 0.6) is 0 Å². The van der Waals surface area contributed by atoms with Gasteiger partial charge in [-0.15, -0.1) is 11.8 Å². The quantitative estimate of drug-likeness (QED) is 0.811. The normalized spacial score (nSPS) is 14.5. The number of benzene rings is 1. The summed E-state index contributed by atoms with van der Waals surface area (Å²) in [7, 11) is -3.79. The minimum atomic E-state index is -3.79. The molecule has 1 fully saturated rings. The summed E-state index contributed by atoms with van der Waals surface area (Å²) in [4.78, 5) is 19.3. The molecule has 1 aliphatic rings. The highest BCUT2D eigenvalue weighted by Crippen LogP contribution is 2.27. The fourth-order valence-electron chi connectivity index (χ4n) is 2.75. The van der Waals surface area contributed by atoms with E-state index in [1.807, 2.05) is 6.26 Å². The number of hydrogen-bond donors (Lipinski definition) is 1. The first-order valence-corrected chi connectivity index (χ1v) is 10.6. The van der Waals surface area contributed by atoms with Crippen molar-refractivity contribution in [1.29, 1.82) is 0 Å². The molecular formula is C17H19N3O3S2. The molecule has 0 saturated carbocycles. The fourth-order valence-corrected chi connectivity index (χ4v) is 4.39. The molecule has 2 heterocycles. The first kappa shape index (κ1) is 17.8. The monoisotopic (exact) mass is 377 g/mol. The second-order valence-electron chi connectivity index (χ2n) is 5.71. The highest BCUT2D eigenvalue weighted by molar-refractivity contribution is 7.98. The molecule has 132 valence electrons. The second kappa shape index (κ2) is 7.45. The van der Waals surface area contributed by atoms with Crippen molar-refractivity contribution in [3.63, 3.8) is 0 Å². The van der Waals surface area contributed by atoms with Gasteiger partial charge >= 0.3 is 0 Å². The van der Waals surface area contributed by atoms with Gasteiger partial charge in [-0.25, -0.2) is 8.42 Å². The van der Waals surface area contributed by atoms with Gasteiger partial charge in [-0.05, 0) is 49.4 Å². The number of pyridine rings is 1. The molecule has 1 aliphatic heterocycles. The van der Waals surface area contributed by atoms with Crippen molar-refractivity contribution < 1.29 is 13.2 Å². The largest absolute Gasteiger partial charge is 0.339 e. The maximum absolute atomic E-state index is 12.8. The van der Waals surface area contributed by atoms with Gasteiger partial charge in [0.2, 0.25) is 0 Å². The molecule has 1 amide bonds. The van der Waals surface area contributed by atoms with E-state index in [4.69, 9.17) is 0 Å². The second-order valence-corrected chi connectivity index (χ2v) is 8.24. The van der Waals surface area contributed by atoms with Crippen LogP contribution in [-0.2, 0) is 10.0 Å². The van der Waals surface area contributed by atoms with E-state index >= 15 is 0 Å². The third-order valence-corrected chi connectivity index (χ3v) is 6.19. The maximum atomic E-state index is 12.8. The Hall–Kier alpha value is -2.06. The van der Waals surface area contributed by atoms with Gasteiger partial charge in [-0.1, -0.05) is 0 Å². The number of rotatable bonds is 5. The number of thioether (sulfide) groups is 1. The van der Waals surface area contributed by atoms with Gasteiger partial charge in [-0.2, -0.15) is 0 Å². The fraction of sp³-hybridized carbons (Fsp3) is 0.294. The van der Waals surface area contributed by atoms with E-state index in [1.165, 1.54) is 30.1 Å². The third-order valence-electron chi connectivity index (χ3n) is 4.02. The van der Waals surface area contributed by atoms with Crippen LogP contribution in [0.3, 0.4) is 0 Å². The molecule has 0 radical (unpaired) electrons. The van der Waals surface area contributed by atoms with Gasteiger partial charge in [-0.3, -0.25) is 14.5 Å². The third kappa shape index (κ3) is 3.96. The van der Waals surface area contributed by atoms with Crippen LogP contribution in [-0.4, -0.2) is 43.6 Å². The lowest BCUT2D eigenvalue weighted by atomic mass is 10.2. The minimum Gasteiger partial charge on any atom is -0.339 e. The number of carbonyl (C=O) groups excluding carboxylic acids is 1. The van der Waals surface area contributed by atoms with Gasteiger partial charge < -0.3 is 4.90 Å². The summed E-state index contributed by atoms with van der Waals surface area (Å²) in [5, 5.41) is 0. The van der Waals surface area contributed by atoms with Crippen molar-refractivity contribution in [2.24, 2.45) is 0 Å². The van der Waals surface area contributed by atoms with E-state index < -0.39 is 10.0 Å². The van der Waals surface area contributed by atoms with Gasteiger partial charge in [0.15, 0.2) is 0 Å². The van der Waals surface area contributed by atoms with Crippen molar-refractivity contribution in [2.45, 2.75) is 22.6 Å². The molecule has 2 aromatic rings. The molecule has 1 N–H and O–H groups in total. The van der Waals surface area contributed by atoms with E-state index in [-0.39, 0.29) is 10.8 Å². The van der Waals surface area contributed by atoms with Crippen LogP contribution < -0.4 is 4.72 Å². The standard InChI is InChI=1S/C17H19N3O3S2/c1-24-16-7-6-14(11-15(16)17(21)20-9-2-3-10-20)25(22,23)19-13-5-4-8-18-12-13/h4-8,11-12,19H,2-3,9-10H2,1H3. The van der Waals surface area contributed by atoms with Crippen LogP contribution in [0.25, 0.3) is 0 Å². The molecule has 1 aromatic carbocycles. The molecule has 1 saturated heterocycles. The summed E-state index contributed by atoms with van der Waals surface area (Å²) in [6, 6.07) is 7.94. The van der Waals surface area contributed by atoms with Crippen molar-refractivity contribution in [1.82, 2.24) is 9.88 Å². The van der Waals surface area contributed by atoms with Crippen LogP contribution in [0.15, 0.2) is 52.5 Å². The topological polar surface area (TPSA) is 79.4 Å². The van der Waals surface area contributed by atoms with Crippen molar-refractivity contribution in [3.8, 4) is 0 Å². The Bertz CT molecular complexity index is 864. The zero-order chi connectivity index (χ0) is 17.9. The predicted octanol–water partition coefficient (Wildman–Crippen LogP) is 2.84. The molecule has 1 aromatic heterocycles. The molecule has 0 spiro atoms. The Morgan fingerprint density at radius 2 is 2.00 bits per heavy atom. The SMILES string of the molecule is CSc1ccc(S(=O)(=O)Nc2cccnc2)cc1C(=O)N1CCCC1. The average Bonchev–Trinajstić information content (AvgIpc) is 3.15. The Balaban J connectivity index is 1.94. The number of nitrogens with zero attached hydrogens (tertiary/aromatic N) is 2. The van der Waals surface area contributed by atoms with E-state index in [0.717, 1.165) is 30.8 Å². The van der Waals surface area contributed by atoms with E-state index in [0.29, 0.717) is 11.3 Å². The molecule has 0 atom stereocenters. The maximum Gasteiger partial charge on any atom is 0.261 e. The van der Waals surface area contributed by atoms with Gasteiger partial charge in [0, 0.05) is 24.2 Å². The number of carbonyl (C=O) groups is 1. The number of amides is 1. The summed E-state index contributed by atoms with van der Waals surface area (Å²) >= 11 is 1.43. The molecular weight excluding hydrogens is 358 g/mol. The van der Waals surface area contributed by atoms with Crippen molar-refractivity contribution in [2.75, 3.05) is 24.1 Å². The van der Waals surface area contributed by atoms with E-state index in [1.54, 1.807) is 29.3 Å². The molecule has 25 heavy (non-hydrogen) atoms. The summed E-state index contributed by atoms with van der Waals surface area (Å²) in [5.74, 6) is -0.111. The first-order chi connectivity index (χ1) is 12.0.